The molecule has 2 heterocycles. The van der Waals surface area contributed by atoms with Crippen LogP contribution < -0.4 is 4.74 Å². The summed E-state index contributed by atoms with van der Waals surface area (Å²) in [6, 6.07) is 9.28. The Kier molecular flexibility index (Phi) is 5.31. The second-order valence-electron chi connectivity index (χ2n) is 6.90. The number of carbonyl (C=O) groups is 1. The minimum absolute atomic E-state index is 0.00265. The fourth-order valence-corrected chi connectivity index (χ4v) is 3.35. The molecule has 0 spiro atoms. The predicted molar refractivity (Wildman–Crippen MR) is 93.9 cm³/mol. The third kappa shape index (κ3) is 3.97. The van der Waals surface area contributed by atoms with Gasteiger partial charge < -0.3 is 19.1 Å². The fourth-order valence-electron chi connectivity index (χ4n) is 3.35. The quantitative estimate of drug-likeness (QED) is 0.434. The number of likely N-dealkylation sites (tertiary alicyclic amines) is 1. The highest BCUT2D eigenvalue weighted by Crippen LogP contribution is 2.35. The highest BCUT2D eigenvalue weighted by Gasteiger charge is 2.56. The summed E-state index contributed by atoms with van der Waals surface area (Å²) in [5.74, 6) is 2.70. The lowest BCUT2D eigenvalue weighted by Gasteiger charge is -2.48. The number of carbonyl (C=O) groups excluding carboxylic acids is 1. The highest BCUT2D eigenvalue weighted by molar-refractivity contribution is 5.89. The molecular formula is C20H25NO4. The summed E-state index contributed by atoms with van der Waals surface area (Å²) in [6.07, 6.45) is 7.09. The van der Waals surface area contributed by atoms with Gasteiger partial charge in [0.15, 0.2) is 11.9 Å². The molecule has 5 nitrogen and oxygen atoms in total. The lowest BCUT2D eigenvalue weighted by molar-refractivity contribution is -0.186. The van der Waals surface area contributed by atoms with Gasteiger partial charge in [0.25, 0.3) is 5.91 Å². The van der Waals surface area contributed by atoms with Crippen LogP contribution in [-0.4, -0.2) is 48.0 Å². The second kappa shape index (κ2) is 7.47. The standard InChI is InChI=1S/C20H25NO4/c1-4-5-6-10-13-21-17(16-14-23-20(2,3)25-16)18(19(21)22)24-15-11-8-7-9-12-15/h1,7-9,11-12,16-18H,5-6,10,13-14H2,2-3H3/t16-,17+,18-/m1/s1. The average Bonchev–Trinajstić information content (AvgIpc) is 2.96. The first-order chi connectivity index (χ1) is 12.0. The van der Waals surface area contributed by atoms with E-state index in [-0.39, 0.29) is 18.1 Å². The molecule has 0 radical (unpaired) electrons. The van der Waals surface area contributed by atoms with Crippen LogP contribution in [-0.2, 0) is 14.3 Å². The van der Waals surface area contributed by atoms with Crippen LogP contribution in [0.2, 0.25) is 0 Å². The largest absolute Gasteiger partial charge is 0.478 e. The Morgan fingerprint density at radius 1 is 1.32 bits per heavy atom. The maximum absolute atomic E-state index is 12.6. The Hall–Kier alpha value is -2.03. The summed E-state index contributed by atoms with van der Waals surface area (Å²) >= 11 is 0. The summed E-state index contributed by atoms with van der Waals surface area (Å²) in [5.41, 5.74) is 0. The van der Waals surface area contributed by atoms with E-state index in [2.05, 4.69) is 5.92 Å². The third-order valence-corrected chi connectivity index (χ3v) is 4.58. The van der Waals surface area contributed by atoms with Gasteiger partial charge in [0.1, 0.15) is 17.9 Å². The Labute approximate surface area is 149 Å². The van der Waals surface area contributed by atoms with Gasteiger partial charge in [0.2, 0.25) is 0 Å². The zero-order valence-corrected chi connectivity index (χ0v) is 14.8. The first-order valence-electron chi connectivity index (χ1n) is 8.79. The summed E-state index contributed by atoms with van der Waals surface area (Å²) in [7, 11) is 0. The lowest BCUT2D eigenvalue weighted by Crippen LogP contribution is -2.71. The topological polar surface area (TPSA) is 48.0 Å². The molecule has 1 aromatic rings. The van der Waals surface area contributed by atoms with Crippen molar-refractivity contribution in [3.8, 4) is 18.1 Å². The predicted octanol–water partition coefficient (Wildman–Crippen LogP) is 2.60. The number of para-hydroxylation sites is 1. The Morgan fingerprint density at radius 3 is 2.72 bits per heavy atom. The van der Waals surface area contributed by atoms with Crippen molar-refractivity contribution in [2.45, 2.75) is 57.1 Å². The molecule has 134 valence electrons. The van der Waals surface area contributed by atoms with E-state index in [1.807, 2.05) is 49.1 Å². The van der Waals surface area contributed by atoms with Crippen LogP contribution in [0.5, 0.6) is 5.75 Å². The minimum atomic E-state index is -0.629. The monoisotopic (exact) mass is 343 g/mol. The smallest absolute Gasteiger partial charge is 0.266 e. The van der Waals surface area contributed by atoms with Gasteiger partial charge in [-0.1, -0.05) is 18.2 Å². The number of hydrogen-bond acceptors (Lipinski definition) is 4. The van der Waals surface area contributed by atoms with Gasteiger partial charge in [0, 0.05) is 13.0 Å². The number of unbranched alkanes of at least 4 members (excludes halogenated alkanes) is 2. The summed E-state index contributed by atoms with van der Waals surface area (Å²) in [6.45, 7) is 4.90. The van der Waals surface area contributed by atoms with Crippen LogP contribution in [0.15, 0.2) is 30.3 Å². The number of nitrogens with zero attached hydrogens (tertiary/aromatic N) is 1. The zero-order valence-electron chi connectivity index (χ0n) is 14.8. The van der Waals surface area contributed by atoms with Crippen molar-refractivity contribution in [2.24, 2.45) is 0 Å². The van der Waals surface area contributed by atoms with Gasteiger partial charge in [-0.25, -0.2) is 0 Å². The molecule has 0 N–H and O–H groups in total. The van der Waals surface area contributed by atoms with Crippen LogP contribution >= 0.6 is 0 Å². The van der Waals surface area contributed by atoms with Crippen molar-refractivity contribution in [3.63, 3.8) is 0 Å². The number of ether oxygens (including phenoxy) is 3. The number of amides is 1. The Balaban J connectivity index is 1.68. The van der Waals surface area contributed by atoms with Crippen molar-refractivity contribution in [1.82, 2.24) is 4.90 Å². The van der Waals surface area contributed by atoms with Crippen LogP contribution in [0, 0.1) is 12.3 Å². The van der Waals surface area contributed by atoms with Gasteiger partial charge in [-0.05, 0) is 38.8 Å². The molecule has 0 aliphatic carbocycles. The number of terminal acetylenes is 1. The first kappa shape index (κ1) is 17.8. The van der Waals surface area contributed by atoms with Crippen LogP contribution in [0.3, 0.4) is 0 Å². The Bertz CT molecular complexity index is 637. The summed E-state index contributed by atoms with van der Waals surface area (Å²) in [5, 5.41) is 0. The molecule has 1 aromatic carbocycles. The zero-order chi connectivity index (χ0) is 17.9. The van der Waals surface area contributed by atoms with E-state index in [9.17, 15) is 4.79 Å². The van der Waals surface area contributed by atoms with E-state index < -0.39 is 11.9 Å². The van der Waals surface area contributed by atoms with E-state index in [4.69, 9.17) is 20.6 Å². The van der Waals surface area contributed by atoms with Gasteiger partial charge in [-0.3, -0.25) is 4.79 Å². The molecule has 1 amide bonds. The van der Waals surface area contributed by atoms with Gasteiger partial charge in [-0.2, -0.15) is 0 Å². The highest BCUT2D eigenvalue weighted by atomic mass is 16.7. The van der Waals surface area contributed by atoms with Crippen molar-refractivity contribution in [3.05, 3.63) is 30.3 Å². The third-order valence-electron chi connectivity index (χ3n) is 4.58. The van der Waals surface area contributed by atoms with Gasteiger partial charge in [0.05, 0.1) is 6.61 Å². The molecule has 2 aliphatic rings. The molecule has 2 aliphatic heterocycles. The molecule has 0 unspecified atom stereocenters. The van der Waals surface area contributed by atoms with Gasteiger partial charge in [-0.15, -0.1) is 12.3 Å². The molecule has 0 bridgehead atoms. The summed E-state index contributed by atoms with van der Waals surface area (Å²) in [4.78, 5) is 14.5. The number of benzene rings is 1. The van der Waals surface area contributed by atoms with E-state index >= 15 is 0 Å². The van der Waals surface area contributed by atoms with Crippen molar-refractivity contribution >= 4 is 5.91 Å². The van der Waals surface area contributed by atoms with Crippen LogP contribution in [0.4, 0.5) is 0 Å². The second-order valence-corrected chi connectivity index (χ2v) is 6.90. The molecular weight excluding hydrogens is 318 g/mol. The number of hydrogen-bond donors (Lipinski definition) is 0. The average molecular weight is 343 g/mol. The van der Waals surface area contributed by atoms with Crippen LogP contribution in [0.1, 0.15) is 33.1 Å². The number of rotatable bonds is 7. The number of β-lactam (4-membered cyclic amide) rings is 1. The Morgan fingerprint density at radius 2 is 2.08 bits per heavy atom. The lowest BCUT2D eigenvalue weighted by atomic mass is 9.92. The minimum Gasteiger partial charge on any atom is -0.478 e. The molecule has 2 saturated heterocycles. The molecule has 0 aromatic heterocycles. The molecule has 2 fully saturated rings. The maximum Gasteiger partial charge on any atom is 0.266 e. The van der Waals surface area contributed by atoms with Crippen molar-refractivity contribution in [1.29, 1.82) is 0 Å². The maximum atomic E-state index is 12.6. The molecule has 0 saturated carbocycles. The fraction of sp³-hybridized carbons (Fsp3) is 0.550. The molecule has 5 heteroatoms. The normalized spacial score (nSPS) is 27.6. The van der Waals surface area contributed by atoms with Crippen molar-refractivity contribution in [2.75, 3.05) is 13.2 Å². The SMILES string of the molecule is C#CCCCCN1C(=O)[C@H](Oc2ccccc2)[C@@H]1[C@H]1COC(C)(C)O1. The molecule has 25 heavy (non-hydrogen) atoms. The van der Waals surface area contributed by atoms with Crippen LogP contribution in [0.25, 0.3) is 0 Å². The van der Waals surface area contributed by atoms with E-state index in [1.54, 1.807) is 0 Å². The first-order valence-corrected chi connectivity index (χ1v) is 8.79. The molecule has 3 atom stereocenters. The van der Waals surface area contributed by atoms with E-state index in [0.717, 1.165) is 19.3 Å². The summed E-state index contributed by atoms with van der Waals surface area (Å²) < 4.78 is 17.6. The van der Waals surface area contributed by atoms with Gasteiger partial charge >= 0.3 is 0 Å². The van der Waals surface area contributed by atoms with E-state index in [0.29, 0.717) is 18.9 Å². The molecule has 3 rings (SSSR count). The van der Waals surface area contributed by atoms with E-state index in [1.165, 1.54) is 0 Å². The van der Waals surface area contributed by atoms with Crippen molar-refractivity contribution < 1.29 is 19.0 Å².